The van der Waals surface area contributed by atoms with Crippen LogP contribution in [0.5, 0.6) is 11.5 Å². The molecule has 2 rings (SSSR count). The summed E-state index contributed by atoms with van der Waals surface area (Å²) in [7, 11) is 3.54. The smallest absolute Gasteiger partial charge is 0.191 e. The number of aromatic hydroxyl groups is 1. The van der Waals surface area contributed by atoms with E-state index >= 15 is 0 Å². The van der Waals surface area contributed by atoms with E-state index in [2.05, 4.69) is 27.6 Å². The maximum atomic E-state index is 9.98. The lowest BCUT2D eigenvalue weighted by Gasteiger charge is -2.12. The van der Waals surface area contributed by atoms with Gasteiger partial charge in [0.25, 0.3) is 0 Å². The third kappa shape index (κ3) is 4.65. The number of hydrogen-bond acceptors (Lipinski definition) is 4. The fraction of sp³-hybridized carbons (Fsp3) is 0.444. The highest BCUT2D eigenvalue weighted by atomic mass is 16.5. The molecule has 0 spiro atoms. The van der Waals surface area contributed by atoms with Crippen molar-refractivity contribution in [3.05, 3.63) is 40.7 Å². The number of guanidine groups is 1. The quantitative estimate of drug-likeness (QED) is 0.551. The molecule has 0 saturated carbocycles. The van der Waals surface area contributed by atoms with Gasteiger partial charge in [0.2, 0.25) is 0 Å². The first kappa shape index (κ1) is 18.6. The Balaban J connectivity index is 2.10. The van der Waals surface area contributed by atoms with Gasteiger partial charge in [-0.25, -0.2) is 4.99 Å². The van der Waals surface area contributed by atoms with Crippen molar-refractivity contribution in [3.8, 4) is 11.5 Å². The molecule has 0 radical (unpaired) electrons. The molecular formula is C18H27N5O2. The molecule has 0 aliphatic heterocycles. The van der Waals surface area contributed by atoms with Crippen molar-refractivity contribution in [2.75, 3.05) is 13.7 Å². The molecule has 0 atom stereocenters. The minimum absolute atomic E-state index is 0.208. The average Bonchev–Trinajstić information content (AvgIpc) is 2.84. The van der Waals surface area contributed by atoms with E-state index in [-0.39, 0.29) is 5.75 Å². The fourth-order valence-electron chi connectivity index (χ4n) is 2.57. The Kier molecular flexibility index (Phi) is 6.27. The number of benzene rings is 1. The number of nitrogens with zero attached hydrogens (tertiary/aromatic N) is 3. The van der Waals surface area contributed by atoms with Crippen molar-refractivity contribution < 1.29 is 9.84 Å². The van der Waals surface area contributed by atoms with Crippen LogP contribution in [0.15, 0.2) is 23.2 Å². The van der Waals surface area contributed by atoms with Crippen LogP contribution in [0.1, 0.15) is 29.4 Å². The second-order valence-corrected chi connectivity index (χ2v) is 5.82. The lowest BCUT2D eigenvalue weighted by molar-refractivity contribution is 0.411. The molecule has 1 heterocycles. The molecule has 136 valence electrons. The highest BCUT2D eigenvalue weighted by molar-refractivity contribution is 5.79. The van der Waals surface area contributed by atoms with E-state index in [1.54, 1.807) is 25.3 Å². The highest BCUT2D eigenvalue weighted by Gasteiger charge is 2.10. The van der Waals surface area contributed by atoms with Crippen LogP contribution in [0.25, 0.3) is 0 Å². The van der Waals surface area contributed by atoms with E-state index in [9.17, 15) is 5.11 Å². The van der Waals surface area contributed by atoms with Gasteiger partial charge in [-0.2, -0.15) is 5.10 Å². The van der Waals surface area contributed by atoms with Crippen LogP contribution in [0.2, 0.25) is 0 Å². The van der Waals surface area contributed by atoms with Gasteiger partial charge in [-0.1, -0.05) is 0 Å². The maximum absolute atomic E-state index is 9.98. The van der Waals surface area contributed by atoms with Crippen LogP contribution in [0, 0.1) is 13.8 Å². The van der Waals surface area contributed by atoms with Crippen LogP contribution >= 0.6 is 0 Å². The van der Waals surface area contributed by atoms with E-state index in [0.29, 0.717) is 30.4 Å². The summed E-state index contributed by atoms with van der Waals surface area (Å²) >= 11 is 0. The van der Waals surface area contributed by atoms with Crippen molar-refractivity contribution in [2.24, 2.45) is 12.0 Å². The van der Waals surface area contributed by atoms with Crippen molar-refractivity contribution in [1.29, 1.82) is 0 Å². The molecule has 1 aromatic carbocycles. The van der Waals surface area contributed by atoms with E-state index < -0.39 is 0 Å². The molecule has 0 fully saturated rings. The van der Waals surface area contributed by atoms with E-state index in [0.717, 1.165) is 23.5 Å². The predicted molar refractivity (Wildman–Crippen MR) is 99.0 cm³/mol. The van der Waals surface area contributed by atoms with Gasteiger partial charge in [-0.05, 0) is 39.0 Å². The van der Waals surface area contributed by atoms with Gasteiger partial charge < -0.3 is 20.5 Å². The Hall–Kier alpha value is -2.70. The maximum Gasteiger partial charge on any atom is 0.191 e. The van der Waals surface area contributed by atoms with Crippen molar-refractivity contribution in [1.82, 2.24) is 20.4 Å². The molecule has 25 heavy (non-hydrogen) atoms. The summed E-state index contributed by atoms with van der Waals surface area (Å²) in [5.74, 6) is 1.59. The topological polar surface area (TPSA) is 83.7 Å². The molecule has 0 amide bonds. The number of ether oxygens (including phenoxy) is 1. The largest absolute Gasteiger partial charge is 0.508 e. The fourth-order valence-corrected chi connectivity index (χ4v) is 2.57. The Morgan fingerprint density at radius 2 is 2.08 bits per heavy atom. The number of aliphatic imine (C=N–C) groups is 1. The predicted octanol–water partition coefficient (Wildman–Crippen LogP) is 2.01. The first-order valence-corrected chi connectivity index (χ1v) is 8.33. The molecule has 0 saturated heterocycles. The Labute approximate surface area is 148 Å². The summed E-state index contributed by atoms with van der Waals surface area (Å²) in [5.41, 5.74) is 4.02. The number of phenolic OH excluding ortho intramolecular Hbond substituents is 1. The molecule has 0 unspecified atom stereocenters. The number of phenols is 1. The van der Waals surface area contributed by atoms with Gasteiger partial charge >= 0.3 is 0 Å². The zero-order valence-corrected chi connectivity index (χ0v) is 15.6. The number of rotatable bonds is 6. The first-order chi connectivity index (χ1) is 12.0. The summed E-state index contributed by atoms with van der Waals surface area (Å²) < 4.78 is 7.08. The Morgan fingerprint density at radius 3 is 2.68 bits per heavy atom. The molecule has 2 aromatic rings. The van der Waals surface area contributed by atoms with Crippen LogP contribution in [-0.4, -0.2) is 34.5 Å². The van der Waals surface area contributed by atoms with Gasteiger partial charge in [0.15, 0.2) is 5.96 Å². The van der Waals surface area contributed by atoms with Crippen molar-refractivity contribution >= 4 is 5.96 Å². The number of aromatic nitrogens is 2. The highest BCUT2D eigenvalue weighted by Crippen LogP contribution is 2.23. The van der Waals surface area contributed by atoms with Gasteiger partial charge in [-0.3, -0.25) is 4.68 Å². The Bertz CT molecular complexity index is 752. The summed E-state index contributed by atoms with van der Waals surface area (Å²) in [4.78, 5) is 4.55. The van der Waals surface area contributed by atoms with Crippen LogP contribution in [0.3, 0.4) is 0 Å². The second kappa shape index (κ2) is 8.41. The van der Waals surface area contributed by atoms with E-state index in [1.807, 2.05) is 25.6 Å². The monoisotopic (exact) mass is 345 g/mol. The molecule has 7 heteroatoms. The van der Waals surface area contributed by atoms with Gasteiger partial charge in [0.1, 0.15) is 11.5 Å². The lowest BCUT2D eigenvalue weighted by Crippen LogP contribution is -2.37. The summed E-state index contributed by atoms with van der Waals surface area (Å²) in [6, 6.07) is 5.13. The SMILES string of the molecule is CCNC(=NCc1cc(OC)ccc1O)NCc1c(C)nn(C)c1C. The zero-order valence-electron chi connectivity index (χ0n) is 15.6. The van der Waals surface area contributed by atoms with Crippen LogP contribution < -0.4 is 15.4 Å². The number of methoxy groups -OCH3 is 1. The third-order valence-electron chi connectivity index (χ3n) is 4.13. The van der Waals surface area contributed by atoms with Crippen LogP contribution in [0.4, 0.5) is 0 Å². The molecule has 0 bridgehead atoms. The first-order valence-electron chi connectivity index (χ1n) is 8.33. The minimum Gasteiger partial charge on any atom is -0.508 e. The molecular weight excluding hydrogens is 318 g/mol. The Morgan fingerprint density at radius 1 is 1.32 bits per heavy atom. The van der Waals surface area contributed by atoms with E-state index in [1.165, 1.54) is 0 Å². The molecule has 7 nitrogen and oxygen atoms in total. The normalized spacial score (nSPS) is 11.5. The summed E-state index contributed by atoms with van der Waals surface area (Å²) in [6.07, 6.45) is 0. The van der Waals surface area contributed by atoms with Crippen LogP contribution in [-0.2, 0) is 20.1 Å². The lowest BCUT2D eigenvalue weighted by atomic mass is 10.2. The van der Waals surface area contributed by atoms with Gasteiger partial charge in [-0.15, -0.1) is 0 Å². The van der Waals surface area contributed by atoms with Crippen molar-refractivity contribution in [3.63, 3.8) is 0 Å². The zero-order chi connectivity index (χ0) is 18.4. The molecule has 1 aromatic heterocycles. The molecule has 0 aliphatic carbocycles. The number of hydrogen-bond donors (Lipinski definition) is 3. The standard InChI is InChI=1S/C18H27N5O2/c1-6-19-18(21-11-16-12(2)22-23(4)13(16)3)20-10-14-9-15(25-5)7-8-17(14)24/h7-9,24H,6,10-11H2,1-5H3,(H2,19,20,21). The summed E-state index contributed by atoms with van der Waals surface area (Å²) in [6.45, 7) is 7.81. The van der Waals surface area contributed by atoms with Gasteiger partial charge in [0, 0.05) is 37.0 Å². The second-order valence-electron chi connectivity index (χ2n) is 5.82. The number of nitrogens with one attached hydrogen (secondary N) is 2. The number of aryl methyl sites for hydroxylation is 2. The van der Waals surface area contributed by atoms with E-state index in [4.69, 9.17) is 4.74 Å². The average molecular weight is 345 g/mol. The summed E-state index contributed by atoms with van der Waals surface area (Å²) in [5, 5.41) is 20.9. The third-order valence-corrected chi connectivity index (χ3v) is 4.13. The molecule has 3 N–H and O–H groups in total. The van der Waals surface area contributed by atoms with Crippen molar-refractivity contribution in [2.45, 2.75) is 33.9 Å². The minimum atomic E-state index is 0.208. The molecule has 0 aliphatic rings. The van der Waals surface area contributed by atoms with Gasteiger partial charge in [0.05, 0.1) is 19.3 Å².